The molecule has 1 aliphatic heterocycles. The first-order chi connectivity index (χ1) is 9.50. The van der Waals surface area contributed by atoms with E-state index < -0.39 is 4.92 Å². The Bertz CT molecular complexity index is 530. The van der Waals surface area contributed by atoms with E-state index in [1.807, 2.05) is 6.92 Å². The zero-order chi connectivity index (χ0) is 14.7. The molecular weight excluding hydrogens is 258 g/mol. The summed E-state index contributed by atoms with van der Waals surface area (Å²) in [7, 11) is 0. The Balaban J connectivity index is 2.36. The summed E-state index contributed by atoms with van der Waals surface area (Å²) in [5, 5.41) is 11.1. The molecular formula is C14H19N3O3. The van der Waals surface area contributed by atoms with Gasteiger partial charge in [-0.25, -0.2) is 0 Å². The first-order valence-electron chi connectivity index (χ1n) is 6.85. The number of nitro benzene ring substituents is 1. The van der Waals surface area contributed by atoms with Crippen LogP contribution in [0.25, 0.3) is 0 Å². The fraction of sp³-hybridized carbons (Fsp3) is 0.500. The highest BCUT2D eigenvalue weighted by Crippen LogP contribution is 2.26. The molecule has 0 bridgehead atoms. The van der Waals surface area contributed by atoms with E-state index in [4.69, 9.17) is 5.73 Å². The number of nitro groups is 1. The Morgan fingerprint density at radius 2 is 2.15 bits per heavy atom. The first-order valence-corrected chi connectivity index (χ1v) is 6.85. The van der Waals surface area contributed by atoms with E-state index in [9.17, 15) is 14.9 Å². The normalized spacial score (nSPS) is 19.4. The summed E-state index contributed by atoms with van der Waals surface area (Å²) < 4.78 is 0. The number of carbonyl (C=O) groups excluding carboxylic acids is 1. The van der Waals surface area contributed by atoms with Gasteiger partial charge in [0.05, 0.1) is 4.92 Å². The second kappa shape index (κ2) is 5.90. The Hall–Kier alpha value is -2.11. The van der Waals surface area contributed by atoms with Crippen LogP contribution < -0.4 is 5.73 Å². The van der Waals surface area contributed by atoms with Gasteiger partial charge in [-0.2, -0.15) is 0 Å². The van der Waals surface area contributed by atoms with E-state index in [1.54, 1.807) is 4.90 Å². The molecule has 1 amide bonds. The van der Waals surface area contributed by atoms with Gasteiger partial charge in [-0.05, 0) is 31.9 Å². The molecule has 0 spiro atoms. The zero-order valence-corrected chi connectivity index (χ0v) is 11.5. The molecule has 6 heteroatoms. The van der Waals surface area contributed by atoms with Crippen LogP contribution in [0.3, 0.4) is 0 Å². The van der Waals surface area contributed by atoms with Crippen molar-refractivity contribution in [3.63, 3.8) is 0 Å². The standard InChI is InChI=1S/C14H19N3O3/c1-10-5-3-2-4-8-16(10)14(18)12-9-11(15)6-7-13(12)17(19)20/h6-7,9-10H,2-5,8,15H2,1H3. The van der Waals surface area contributed by atoms with Crippen LogP contribution in [0.4, 0.5) is 11.4 Å². The van der Waals surface area contributed by atoms with E-state index in [2.05, 4.69) is 0 Å². The number of amides is 1. The van der Waals surface area contributed by atoms with Crippen molar-refractivity contribution in [3.05, 3.63) is 33.9 Å². The highest BCUT2D eigenvalue weighted by atomic mass is 16.6. The third kappa shape index (κ3) is 2.89. The minimum atomic E-state index is -0.533. The van der Waals surface area contributed by atoms with Crippen LogP contribution in [-0.4, -0.2) is 28.3 Å². The van der Waals surface area contributed by atoms with Crippen molar-refractivity contribution in [1.29, 1.82) is 0 Å². The topological polar surface area (TPSA) is 89.5 Å². The summed E-state index contributed by atoms with van der Waals surface area (Å²) in [5.41, 5.74) is 5.94. The van der Waals surface area contributed by atoms with Crippen LogP contribution in [0.5, 0.6) is 0 Å². The summed E-state index contributed by atoms with van der Waals surface area (Å²) in [6, 6.07) is 4.25. The molecule has 0 aliphatic carbocycles. The highest BCUT2D eigenvalue weighted by molar-refractivity contribution is 5.99. The summed E-state index contributed by atoms with van der Waals surface area (Å²) in [6.07, 6.45) is 4.05. The van der Waals surface area contributed by atoms with Gasteiger partial charge in [-0.15, -0.1) is 0 Å². The van der Waals surface area contributed by atoms with Crippen LogP contribution >= 0.6 is 0 Å². The molecule has 20 heavy (non-hydrogen) atoms. The predicted octanol–water partition coefficient (Wildman–Crippen LogP) is 2.58. The summed E-state index contributed by atoms with van der Waals surface area (Å²) >= 11 is 0. The van der Waals surface area contributed by atoms with Crippen LogP contribution in [0.1, 0.15) is 43.0 Å². The molecule has 0 saturated carbocycles. The monoisotopic (exact) mass is 277 g/mol. The molecule has 2 N–H and O–H groups in total. The second-order valence-corrected chi connectivity index (χ2v) is 5.23. The highest BCUT2D eigenvalue weighted by Gasteiger charge is 2.28. The molecule has 1 aromatic carbocycles. The lowest BCUT2D eigenvalue weighted by Crippen LogP contribution is -2.38. The SMILES string of the molecule is CC1CCCCCN1C(=O)c1cc(N)ccc1[N+](=O)[O-]. The Labute approximate surface area is 117 Å². The second-order valence-electron chi connectivity index (χ2n) is 5.23. The van der Waals surface area contributed by atoms with Crippen molar-refractivity contribution in [2.24, 2.45) is 0 Å². The maximum Gasteiger partial charge on any atom is 0.282 e. The number of hydrogen-bond acceptors (Lipinski definition) is 4. The van der Waals surface area contributed by atoms with Crippen molar-refractivity contribution in [1.82, 2.24) is 4.90 Å². The van der Waals surface area contributed by atoms with Crippen LogP contribution in [0.15, 0.2) is 18.2 Å². The molecule has 1 fully saturated rings. The largest absolute Gasteiger partial charge is 0.399 e. The number of anilines is 1. The number of nitrogens with two attached hydrogens (primary N) is 1. The van der Waals surface area contributed by atoms with Gasteiger partial charge in [0, 0.05) is 24.3 Å². The molecule has 1 unspecified atom stereocenters. The fourth-order valence-corrected chi connectivity index (χ4v) is 2.62. The smallest absolute Gasteiger partial charge is 0.282 e. The fourth-order valence-electron chi connectivity index (χ4n) is 2.62. The number of rotatable bonds is 2. The van der Waals surface area contributed by atoms with E-state index in [1.165, 1.54) is 18.2 Å². The molecule has 1 atom stereocenters. The third-order valence-electron chi connectivity index (χ3n) is 3.76. The zero-order valence-electron chi connectivity index (χ0n) is 11.5. The number of hydrogen-bond donors (Lipinski definition) is 1. The number of nitrogen functional groups attached to an aromatic ring is 1. The van der Waals surface area contributed by atoms with Gasteiger partial charge in [-0.3, -0.25) is 14.9 Å². The maximum atomic E-state index is 12.6. The van der Waals surface area contributed by atoms with Crippen LogP contribution in [0.2, 0.25) is 0 Å². The van der Waals surface area contributed by atoms with Gasteiger partial charge in [-0.1, -0.05) is 12.8 Å². The lowest BCUT2D eigenvalue weighted by atomic mass is 10.1. The molecule has 1 heterocycles. The van der Waals surface area contributed by atoms with Gasteiger partial charge < -0.3 is 10.6 Å². The third-order valence-corrected chi connectivity index (χ3v) is 3.76. The van der Waals surface area contributed by atoms with Gasteiger partial charge in [0.25, 0.3) is 11.6 Å². The van der Waals surface area contributed by atoms with Crippen LogP contribution in [-0.2, 0) is 0 Å². The molecule has 2 rings (SSSR count). The van der Waals surface area contributed by atoms with Gasteiger partial charge in [0.2, 0.25) is 0 Å². The number of likely N-dealkylation sites (tertiary alicyclic amines) is 1. The van der Waals surface area contributed by atoms with Crippen molar-refractivity contribution < 1.29 is 9.72 Å². The summed E-state index contributed by atoms with van der Waals surface area (Å²) in [5.74, 6) is -0.293. The number of benzene rings is 1. The minimum absolute atomic E-state index is 0.0868. The van der Waals surface area contributed by atoms with Gasteiger partial charge in [0.15, 0.2) is 0 Å². The quantitative estimate of drug-likeness (QED) is 0.511. The van der Waals surface area contributed by atoms with Gasteiger partial charge >= 0.3 is 0 Å². The van der Waals surface area contributed by atoms with Crippen molar-refractivity contribution in [2.75, 3.05) is 12.3 Å². The molecule has 108 valence electrons. The lowest BCUT2D eigenvalue weighted by molar-refractivity contribution is -0.385. The minimum Gasteiger partial charge on any atom is -0.399 e. The van der Waals surface area contributed by atoms with Crippen molar-refractivity contribution in [2.45, 2.75) is 38.6 Å². The van der Waals surface area contributed by atoms with Gasteiger partial charge in [0.1, 0.15) is 5.56 Å². The number of carbonyl (C=O) groups is 1. The van der Waals surface area contributed by atoms with E-state index in [-0.39, 0.29) is 23.2 Å². The molecule has 0 aromatic heterocycles. The molecule has 6 nitrogen and oxygen atoms in total. The van der Waals surface area contributed by atoms with Crippen LogP contribution in [0, 0.1) is 10.1 Å². The summed E-state index contributed by atoms with van der Waals surface area (Å²) in [4.78, 5) is 24.9. The van der Waals surface area contributed by atoms with Crippen molar-refractivity contribution in [3.8, 4) is 0 Å². The lowest BCUT2D eigenvalue weighted by Gasteiger charge is -2.27. The number of nitrogens with zero attached hydrogens (tertiary/aromatic N) is 2. The van der Waals surface area contributed by atoms with E-state index >= 15 is 0 Å². The summed E-state index contributed by atoms with van der Waals surface area (Å²) in [6.45, 7) is 2.63. The maximum absolute atomic E-state index is 12.6. The predicted molar refractivity (Wildman–Crippen MR) is 76.5 cm³/mol. The van der Waals surface area contributed by atoms with E-state index in [0.29, 0.717) is 12.2 Å². The average Bonchev–Trinajstić information content (AvgIpc) is 2.62. The van der Waals surface area contributed by atoms with E-state index in [0.717, 1.165) is 25.7 Å². The van der Waals surface area contributed by atoms with Crippen molar-refractivity contribution >= 4 is 17.3 Å². The Kier molecular flexibility index (Phi) is 4.22. The first kappa shape index (κ1) is 14.3. The Morgan fingerprint density at radius 3 is 2.85 bits per heavy atom. The molecule has 1 aliphatic rings. The molecule has 1 aromatic rings. The molecule has 0 radical (unpaired) electrons. The molecule has 1 saturated heterocycles. The average molecular weight is 277 g/mol. The Morgan fingerprint density at radius 1 is 1.40 bits per heavy atom.